The summed E-state index contributed by atoms with van der Waals surface area (Å²) in [6, 6.07) is 8.40. The average molecular weight is 538 g/mol. The molecule has 7 heteroatoms. The number of hydrogen-bond acceptors (Lipinski definition) is 5. The van der Waals surface area contributed by atoms with Crippen molar-refractivity contribution < 1.29 is 23.8 Å². The smallest absolute Gasteiger partial charge is 0.234 e. The Morgan fingerprint density at radius 1 is 1.16 bits per heavy atom. The van der Waals surface area contributed by atoms with E-state index in [9.17, 15) is 19.1 Å². The quantitative estimate of drug-likeness (QED) is 0.265. The van der Waals surface area contributed by atoms with Crippen LogP contribution in [0.15, 0.2) is 52.4 Å². The largest absolute Gasteiger partial charge is 0.505 e. The maximum atomic E-state index is 13.9. The summed E-state index contributed by atoms with van der Waals surface area (Å²) in [7, 11) is 0. The fraction of sp³-hybridized carbons (Fsp3) is 0.484. The molecular formula is C31H36FNO4S. The molecule has 1 aliphatic carbocycles. The van der Waals surface area contributed by atoms with Crippen molar-refractivity contribution >= 4 is 29.2 Å². The van der Waals surface area contributed by atoms with E-state index in [1.165, 1.54) is 33.8 Å². The molecule has 5 rings (SSSR count). The second-order valence-electron chi connectivity index (χ2n) is 10.7. The number of nitrogens with zero attached hydrogens (tertiary/aromatic N) is 1. The van der Waals surface area contributed by atoms with Crippen LogP contribution in [0.1, 0.15) is 69.2 Å². The Hall–Kier alpha value is -2.77. The van der Waals surface area contributed by atoms with Crippen LogP contribution < -0.4 is 0 Å². The maximum Gasteiger partial charge on any atom is 0.234 e. The Morgan fingerprint density at radius 2 is 2.00 bits per heavy atom. The number of hydrogen-bond donors (Lipinski definition) is 1. The summed E-state index contributed by atoms with van der Waals surface area (Å²) in [6.07, 6.45) is 7.99. The second-order valence-corrected chi connectivity index (χ2v) is 11.8. The van der Waals surface area contributed by atoms with Crippen molar-refractivity contribution in [3.05, 3.63) is 68.7 Å². The van der Waals surface area contributed by atoms with Gasteiger partial charge in [0, 0.05) is 10.8 Å². The molecule has 3 aliphatic rings. The zero-order valence-corrected chi connectivity index (χ0v) is 22.9. The van der Waals surface area contributed by atoms with Gasteiger partial charge in [-0.2, -0.15) is 0 Å². The first-order valence-electron chi connectivity index (χ1n) is 13.8. The minimum absolute atomic E-state index is 0.0289. The van der Waals surface area contributed by atoms with Gasteiger partial charge >= 0.3 is 0 Å². The lowest BCUT2D eigenvalue weighted by molar-refractivity contribution is -0.140. The lowest BCUT2D eigenvalue weighted by atomic mass is 9.68. The van der Waals surface area contributed by atoms with E-state index in [-0.39, 0.29) is 41.4 Å². The van der Waals surface area contributed by atoms with Crippen LogP contribution in [0, 0.1) is 23.6 Å². The van der Waals surface area contributed by atoms with Crippen LogP contribution in [0.25, 0.3) is 6.08 Å². The van der Waals surface area contributed by atoms with E-state index in [0.717, 1.165) is 49.0 Å². The fourth-order valence-corrected chi connectivity index (χ4v) is 7.24. The molecule has 2 fully saturated rings. The molecule has 0 saturated carbocycles. The molecule has 3 heterocycles. The number of ether oxygens (including phenoxy) is 1. The number of imide groups is 1. The SMILES string of the molecule is CCCC1=C2[C@@H](CC/C(=C/c3ccc(O)c(F)c3)CCC)OC[C@@H]2[C@@H]2C(=O)N(Cc3cccs3)C(=O)[C@@H]2C1. The van der Waals surface area contributed by atoms with Crippen LogP contribution >= 0.6 is 11.3 Å². The predicted molar refractivity (Wildman–Crippen MR) is 147 cm³/mol. The highest BCUT2D eigenvalue weighted by atomic mass is 32.1. The Morgan fingerprint density at radius 3 is 2.71 bits per heavy atom. The number of allylic oxidation sites excluding steroid dienone is 2. The third kappa shape index (κ3) is 5.23. The number of phenols is 1. The van der Waals surface area contributed by atoms with Gasteiger partial charge in [0.1, 0.15) is 0 Å². The normalized spacial score (nSPS) is 25.3. The summed E-state index contributed by atoms with van der Waals surface area (Å²) in [5, 5.41) is 11.5. The Balaban J connectivity index is 1.35. The van der Waals surface area contributed by atoms with Gasteiger partial charge in [0.05, 0.1) is 31.1 Å². The molecule has 38 heavy (non-hydrogen) atoms. The average Bonchev–Trinajstić information content (AvgIpc) is 3.62. The van der Waals surface area contributed by atoms with Crippen LogP contribution in [-0.4, -0.2) is 34.5 Å². The molecule has 1 aromatic heterocycles. The first-order chi connectivity index (χ1) is 18.4. The van der Waals surface area contributed by atoms with Crippen LogP contribution in [-0.2, 0) is 20.9 Å². The fourth-order valence-electron chi connectivity index (χ4n) is 6.55. The first-order valence-corrected chi connectivity index (χ1v) is 14.7. The molecule has 4 atom stereocenters. The molecule has 1 aromatic carbocycles. The highest BCUT2D eigenvalue weighted by molar-refractivity contribution is 7.09. The van der Waals surface area contributed by atoms with E-state index in [1.807, 2.05) is 23.6 Å². The second kappa shape index (κ2) is 11.5. The van der Waals surface area contributed by atoms with E-state index < -0.39 is 5.82 Å². The molecule has 2 amide bonds. The number of fused-ring (bicyclic) bond motifs is 3. The molecule has 0 spiro atoms. The zero-order valence-electron chi connectivity index (χ0n) is 22.1. The Labute approximate surface area is 228 Å². The minimum Gasteiger partial charge on any atom is -0.505 e. The monoisotopic (exact) mass is 537 g/mol. The number of carbonyl (C=O) groups is 2. The number of halogens is 1. The standard InChI is InChI=1S/C31H36FNO4S/c1-3-6-19(14-20-9-11-26(34)25(32)15-20)10-12-27-28-21(7-4-2)16-23-29(24(28)18-37-27)31(36)33(30(23)35)17-22-8-5-13-38-22/h5,8-9,11,13-15,23-24,27,29,34H,3-4,6-7,10,12,16-18H2,1-2H3/b19-14+/t23-,24+,27-,29-/m1/s1. The summed E-state index contributed by atoms with van der Waals surface area (Å²) in [5.41, 5.74) is 4.52. The van der Waals surface area contributed by atoms with Crippen LogP contribution in [0.3, 0.4) is 0 Å². The van der Waals surface area contributed by atoms with Crippen molar-refractivity contribution in [3.8, 4) is 5.75 Å². The minimum atomic E-state index is -0.619. The van der Waals surface area contributed by atoms with Gasteiger partial charge in [-0.25, -0.2) is 4.39 Å². The molecule has 1 N–H and O–H groups in total. The van der Waals surface area contributed by atoms with Crippen molar-refractivity contribution in [2.75, 3.05) is 6.61 Å². The Bertz CT molecular complexity index is 1250. The van der Waals surface area contributed by atoms with Gasteiger partial charge in [-0.1, -0.05) is 56.0 Å². The van der Waals surface area contributed by atoms with Gasteiger partial charge in [0.25, 0.3) is 0 Å². The molecule has 202 valence electrons. The van der Waals surface area contributed by atoms with Gasteiger partial charge in [-0.15, -0.1) is 11.3 Å². The molecule has 2 saturated heterocycles. The van der Waals surface area contributed by atoms with Gasteiger partial charge in [-0.3, -0.25) is 14.5 Å². The van der Waals surface area contributed by atoms with Crippen LogP contribution in [0.2, 0.25) is 0 Å². The summed E-state index contributed by atoms with van der Waals surface area (Å²) in [5.74, 6) is -1.67. The maximum absolute atomic E-state index is 13.9. The molecule has 0 radical (unpaired) electrons. The van der Waals surface area contributed by atoms with Gasteiger partial charge in [0.2, 0.25) is 11.8 Å². The lowest BCUT2D eigenvalue weighted by Crippen LogP contribution is -2.34. The van der Waals surface area contributed by atoms with Gasteiger partial charge in [0.15, 0.2) is 11.6 Å². The molecular weight excluding hydrogens is 501 g/mol. The highest BCUT2D eigenvalue weighted by Crippen LogP contribution is 2.51. The van der Waals surface area contributed by atoms with Crippen LogP contribution in [0.5, 0.6) is 5.75 Å². The topological polar surface area (TPSA) is 66.8 Å². The first kappa shape index (κ1) is 26.8. The van der Waals surface area contributed by atoms with E-state index in [4.69, 9.17) is 4.74 Å². The van der Waals surface area contributed by atoms with E-state index in [0.29, 0.717) is 19.6 Å². The number of aromatic hydroxyl groups is 1. The predicted octanol–water partition coefficient (Wildman–Crippen LogP) is 6.87. The van der Waals surface area contributed by atoms with E-state index in [2.05, 4.69) is 13.8 Å². The van der Waals surface area contributed by atoms with E-state index in [1.54, 1.807) is 17.4 Å². The number of likely N-dealkylation sites (tertiary alicyclic amines) is 1. The molecule has 5 nitrogen and oxygen atoms in total. The molecule has 2 aliphatic heterocycles. The van der Waals surface area contributed by atoms with Crippen molar-refractivity contribution in [1.82, 2.24) is 4.90 Å². The zero-order chi connectivity index (χ0) is 26.8. The number of phenolic OH excluding ortho intramolecular Hbond substituents is 1. The van der Waals surface area contributed by atoms with Crippen molar-refractivity contribution in [3.63, 3.8) is 0 Å². The number of rotatable bonds is 10. The Kier molecular flexibility index (Phi) is 8.15. The molecule has 0 bridgehead atoms. The third-order valence-electron chi connectivity index (χ3n) is 8.19. The van der Waals surface area contributed by atoms with Crippen molar-refractivity contribution in [2.24, 2.45) is 17.8 Å². The number of thiophene rings is 1. The summed E-state index contributed by atoms with van der Waals surface area (Å²) >= 11 is 1.57. The summed E-state index contributed by atoms with van der Waals surface area (Å²) in [6.45, 7) is 5.13. The summed E-state index contributed by atoms with van der Waals surface area (Å²) < 4.78 is 20.3. The van der Waals surface area contributed by atoms with Gasteiger partial charge in [-0.05, 0) is 66.8 Å². The number of carbonyl (C=O) groups excluding carboxylic acids is 2. The van der Waals surface area contributed by atoms with Crippen molar-refractivity contribution in [2.45, 2.75) is 71.4 Å². The lowest BCUT2D eigenvalue weighted by Gasteiger charge is -2.32. The van der Waals surface area contributed by atoms with Gasteiger partial charge < -0.3 is 9.84 Å². The van der Waals surface area contributed by atoms with Crippen molar-refractivity contribution in [1.29, 1.82) is 0 Å². The van der Waals surface area contributed by atoms with Crippen LogP contribution in [0.4, 0.5) is 4.39 Å². The highest BCUT2D eigenvalue weighted by Gasteiger charge is 2.56. The number of benzene rings is 1. The molecule has 0 unspecified atom stereocenters. The molecule has 2 aromatic rings. The van der Waals surface area contributed by atoms with E-state index >= 15 is 0 Å². The number of amides is 2. The third-order valence-corrected chi connectivity index (χ3v) is 9.05. The summed E-state index contributed by atoms with van der Waals surface area (Å²) in [4.78, 5) is 29.5.